The number of aryl methyl sites for hydroxylation is 2. The van der Waals surface area contributed by atoms with E-state index in [1.54, 1.807) is 4.90 Å². The lowest BCUT2D eigenvalue weighted by atomic mass is 9.89. The highest BCUT2D eigenvalue weighted by molar-refractivity contribution is 7.90. The smallest absolute Gasteiger partial charge is 0.317 e. The number of benzene rings is 1. The minimum absolute atomic E-state index is 0.0450. The summed E-state index contributed by atoms with van der Waals surface area (Å²) < 4.78 is 23.1. The molecular weight excluding hydrogens is 348 g/mol. The van der Waals surface area contributed by atoms with E-state index in [1.807, 2.05) is 6.92 Å². The van der Waals surface area contributed by atoms with Gasteiger partial charge >= 0.3 is 6.03 Å². The van der Waals surface area contributed by atoms with Gasteiger partial charge in [0.05, 0.1) is 11.8 Å². The number of urea groups is 1. The van der Waals surface area contributed by atoms with E-state index in [2.05, 4.69) is 23.5 Å². The second kappa shape index (κ2) is 7.99. The second-order valence-corrected chi connectivity index (χ2v) is 10.1. The number of hydrogen-bond donors (Lipinski definition) is 1. The molecule has 6 heteroatoms. The molecule has 1 aromatic rings. The fraction of sp³-hybridized carbons (Fsp3) is 0.650. The zero-order chi connectivity index (χ0) is 18.7. The molecule has 5 nitrogen and oxygen atoms in total. The van der Waals surface area contributed by atoms with Crippen molar-refractivity contribution >= 4 is 15.9 Å². The van der Waals surface area contributed by atoms with Crippen LogP contribution < -0.4 is 5.32 Å². The number of fused-ring (bicyclic) bond motifs is 1. The Morgan fingerprint density at radius 1 is 1.23 bits per heavy atom. The second-order valence-electron chi connectivity index (χ2n) is 7.95. The molecule has 0 bridgehead atoms. The van der Waals surface area contributed by atoms with Crippen molar-refractivity contribution in [3.05, 3.63) is 34.9 Å². The number of nitrogens with one attached hydrogen (secondary N) is 1. The van der Waals surface area contributed by atoms with Crippen LogP contribution in [0.2, 0.25) is 0 Å². The van der Waals surface area contributed by atoms with Gasteiger partial charge in [-0.3, -0.25) is 0 Å². The third kappa shape index (κ3) is 5.00. The maximum atomic E-state index is 12.6. The third-order valence-electron chi connectivity index (χ3n) is 5.56. The van der Waals surface area contributed by atoms with Crippen molar-refractivity contribution in [2.45, 2.75) is 51.5 Å². The molecule has 1 aromatic carbocycles. The van der Waals surface area contributed by atoms with E-state index >= 15 is 0 Å². The number of rotatable bonds is 4. The van der Waals surface area contributed by atoms with Crippen LogP contribution in [-0.4, -0.2) is 44.4 Å². The van der Waals surface area contributed by atoms with Crippen molar-refractivity contribution in [2.24, 2.45) is 5.92 Å². The predicted molar refractivity (Wildman–Crippen MR) is 104 cm³/mol. The Morgan fingerprint density at radius 2 is 1.96 bits per heavy atom. The number of piperidine rings is 1. The van der Waals surface area contributed by atoms with Crippen molar-refractivity contribution in [2.75, 3.05) is 25.1 Å². The Morgan fingerprint density at radius 3 is 2.69 bits per heavy atom. The lowest BCUT2D eigenvalue weighted by molar-refractivity contribution is 0.167. The van der Waals surface area contributed by atoms with Crippen LogP contribution >= 0.6 is 0 Å². The van der Waals surface area contributed by atoms with Crippen molar-refractivity contribution < 1.29 is 13.2 Å². The average molecular weight is 379 g/mol. The number of amides is 2. The minimum Gasteiger partial charge on any atom is -0.331 e. The number of carbonyl (C=O) groups excluding carboxylic acids is 1. The molecule has 144 valence electrons. The predicted octanol–water partition coefficient (Wildman–Crippen LogP) is 3.09. The van der Waals surface area contributed by atoms with Crippen LogP contribution in [-0.2, 0) is 22.7 Å². The fourth-order valence-corrected chi connectivity index (χ4v) is 5.32. The zero-order valence-electron chi connectivity index (χ0n) is 15.8. The number of nitrogens with zero attached hydrogens (tertiary/aromatic N) is 1. The van der Waals surface area contributed by atoms with Gasteiger partial charge in [-0.1, -0.05) is 18.2 Å². The van der Waals surface area contributed by atoms with E-state index in [0.717, 1.165) is 31.2 Å². The third-order valence-corrected chi connectivity index (χ3v) is 6.63. The van der Waals surface area contributed by atoms with Gasteiger partial charge in [0.1, 0.15) is 9.84 Å². The Hall–Kier alpha value is -1.56. The molecule has 0 radical (unpaired) electrons. The first-order chi connectivity index (χ1) is 12.3. The molecule has 0 spiro atoms. The summed E-state index contributed by atoms with van der Waals surface area (Å²) in [5.41, 5.74) is 4.00. The molecule has 0 aromatic heterocycles. The molecule has 26 heavy (non-hydrogen) atoms. The van der Waals surface area contributed by atoms with Gasteiger partial charge in [0, 0.05) is 19.3 Å². The van der Waals surface area contributed by atoms with Crippen LogP contribution in [0.25, 0.3) is 0 Å². The highest BCUT2D eigenvalue weighted by Crippen LogP contribution is 2.25. The summed E-state index contributed by atoms with van der Waals surface area (Å²) in [6.07, 6.45) is 7.80. The van der Waals surface area contributed by atoms with Crippen LogP contribution in [0.4, 0.5) is 4.79 Å². The van der Waals surface area contributed by atoms with E-state index in [1.165, 1.54) is 30.2 Å². The first-order valence-electron chi connectivity index (χ1n) is 9.67. The maximum Gasteiger partial charge on any atom is 0.317 e. The summed E-state index contributed by atoms with van der Waals surface area (Å²) >= 11 is 0. The van der Waals surface area contributed by atoms with Crippen molar-refractivity contribution in [3.8, 4) is 0 Å². The van der Waals surface area contributed by atoms with E-state index in [-0.39, 0.29) is 23.7 Å². The van der Waals surface area contributed by atoms with Gasteiger partial charge in [-0.15, -0.1) is 0 Å². The van der Waals surface area contributed by atoms with Gasteiger partial charge in [0.2, 0.25) is 0 Å². The number of likely N-dealkylation sites (tertiary alicyclic amines) is 1. The summed E-state index contributed by atoms with van der Waals surface area (Å²) in [4.78, 5) is 14.4. The Balaban J connectivity index is 1.60. The molecule has 2 atom stereocenters. The number of carbonyl (C=O) groups is 1. The summed E-state index contributed by atoms with van der Waals surface area (Å²) in [6.45, 7) is 3.24. The van der Waals surface area contributed by atoms with Crippen molar-refractivity contribution in [1.82, 2.24) is 10.2 Å². The minimum atomic E-state index is -3.01. The molecule has 0 saturated carbocycles. The summed E-state index contributed by atoms with van der Waals surface area (Å²) in [5, 5.41) is 3.09. The van der Waals surface area contributed by atoms with E-state index in [9.17, 15) is 13.2 Å². The monoisotopic (exact) mass is 378 g/mol. The van der Waals surface area contributed by atoms with Crippen molar-refractivity contribution in [3.63, 3.8) is 0 Å². The molecule has 1 fully saturated rings. The Kier molecular flexibility index (Phi) is 5.90. The van der Waals surface area contributed by atoms with Gasteiger partial charge in [0.15, 0.2) is 0 Å². The molecule has 1 aliphatic carbocycles. The molecule has 2 amide bonds. The number of sulfone groups is 1. The van der Waals surface area contributed by atoms with Crippen LogP contribution in [0.5, 0.6) is 0 Å². The molecule has 1 aliphatic heterocycles. The zero-order valence-corrected chi connectivity index (χ0v) is 16.6. The highest BCUT2D eigenvalue weighted by atomic mass is 32.2. The molecule has 2 aliphatic rings. The van der Waals surface area contributed by atoms with Gasteiger partial charge in [-0.05, 0) is 68.1 Å². The average Bonchev–Trinajstić information content (AvgIpc) is 2.60. The topological polar surface area (TPSA) is 66.5 Å². The van der Waals surface area contributed by atoms with Crippen LogP contribution in [0, 0.1) is 5.92 Å². The molecular formula is C20H30N2O3S. The Labute approximate surface area is 157 Å². The lowest BCUT2D eigenvalue weighted by Gasteiger charge is -2.33. The van der Waals surface area contributed by atoms with Crippen molar-refractivity contribution in [1.29, 1.82) is 0 Å². The van der Waals surface area contributed by atoms with Gasteiger partial charge in [-0.2, -0.15) is 0 Å². The summed E-state index contributed by atoms with van der Waals surface area (Å²) in [5.74, 6) is 0.209. The largest absolute Gasteiger partial charge is 0.331 e. The number of hydrogen-bond acceptors (Lipinski definition) is 3. The molecule has 1 saturated heterocycles. The lowest BCUT2D eigenvalue weighted by Crippen LogP contribution is -2.47. The summed E-state index contributed by atoms with van der Waals surface area (Å²) in [7, 11) is -3.01. The fourth-order valence-electron chi connectivity index (χ4n) is 4.20. The van der Waals surface area contributed by atoms with Crippen LogP contribution in [0.1, 0.15) is 55.3 Å². The molecule has 0 unspecified atom stereocenters. The van der Waals surface area contributed by atoms with Gasteiger partial charge < -0.3 is 10.2 Å². The van der Waals surface area contributed by atoms with E-state index in [4.69, 9.17) is 0 Å². The quantitative estimate of drug-likeness (QED) is 0.875. The van der Waals surface area contributed by atoms with Gasteiger partial charge in [0.25, 0.3) is 0 Å². The van der Waals surface area contributed by atoms with Gasteiger partial charge in [-0.25, -0.2) is 13.2 Å². The standard InChI is InChI=1S/C20H30N2O3S/c1-15(18-10-9-17-7-3-4-8-19(17)12-18)21-20(23)22-11-5-6-16(13-22)14-26(2,24)25/h9-10,12,15-16H,3-8,11,13-14H2,1-2H3,(H,21,23)/t15-,16+/m1/s1. The maximum absolute atomic E-state index is 12.6. The van der Waals surface area contributed by atoms with E-state index in [0.29, 0.717) is 13.1 Å². The SMILES string of the molecule is C[C@@H](NC(=O)N1CCC[C@H](CS(C)(=O)=O)C1)c1ccc2c(c1)CCCC2. The normalized spacial score (nSPS) is 21.8. The highest BCUT2D eigenvalue weighted by Gasteiger charge is 2.27. The summed E-state index contributed by atoms with van der Waals surface area (Å²) in [6, 6.07) is 6.42. The first-order valence-corrected chi connectivity index (χ1v) is 11.7. The van der Waals surface area contributed by atoms with Crippen LogP contribution in [0.15, 0.2) is 18.2 Å². The van der Waals surface area contributed by atoms with Crippen LogP contribution in [0.3, 0.4) is 0 Å². The molecule has 1 heterocycles. The first kappa shape index (κ1) is 19.2. The Bertz CT molecular complexity index is 760. The molecule has 1 N–H and O–H groups in total. The molecule has 3 rings (SSSR count). The van der Waals surface area contributed by atoms with E-state index < -0.39 is 9.84 Å².